The number of carbonyl (C=O) groups is 1. The van der Waals surface area contributed by atoms with Crippen molar-refractivity contribution in [2.45, 2.75) is 25.8 Å². The summed E-state index contributed by atoms with van der Waals surface area (Å²) >= 11 is 4.95. The number of nitrogens with zero attached hydrogens (tertiary/aromatic N) is 4. The highest BCUT2D eigenvalue weighted by Gasteiger charge is 2.45. The van der Waals surface area contributed by atoms with Crippen molar-refractivity contribution in [1.82, 2.24) is 15.1 Å². The highest BCUT2D eigenvalue weighted by Crippen LogP contribution is 2.41. The van der Waals surface area contributed by atoms with Gasteiger partial charge in [0.05, 0.1) is 0 Å². The average molecular weight is 345 g/mol. The fourth-order valence-corrected chi connectivity index (χ4v) is 4.62. The first-order valence-electron chi connectivity index (χ1n) is 6.53. The summed E-state index contributed by atoms with van der Waals surface area (Å²) in [4.78, 5) is 15.9. The molecule has 0 radical (unpaired) electrons. The number of amides is 1. The molecule has 2 aliphatic rings. The third-order valence-electron chi connectivity index (χ3n) is 4.39. The van der Waals surface area contributed by atoms with Gasteiger partial charge in [0.1, 0.15) is 0 Å². The predicted molar refractivity (Wildman–Crippen MR) is 78.3 cm³/mol. The van der Waals surface area contributed by atoms with Crippen molar-refractivity contribution in [2.24, 2.45) is 11.8 Å². The van der Waals surface area contributed by atoms with Crippen LogP contribution in [0.5, 0.6) is 0 Å². The molecule has 1 aromatic heterocycles. The van der Waals surface area contributed by atoms with Crippen LogP contribution in [0.15, 0.2) is 3.92 Å². The summed E-state index contributed by atoms with van der Waals surface area (Å²) in [6.45, 7) is 3.63. The van der Waals surface area contributed by atoms with Gasteiger partial charge < -0.3 is 9.80 Å². The molecule has 104 valence electrons. The molecule has 2 bridgehead atoms. The van der Waals surface area contributed by atoms with Crippen LogP contribution >= 0.6 is 27.3 Å². The molecule has 2 unspecified atom stereocenters. The van der Waals surface area contributed by atoms with Gasteiger partial charge in [-0.3, -0.25) is 4.79 Å². The van der Waals surface area contributed by atoms with E-state index in [1.54, 1.807) is 18.3 Å². The summed E-state index contributed by atoms with van der Waals surface area (Å²) < 4.78 is 0.831. The van der Waals surface area contributed by atoms with Crippen LogP contribution < -0.4 is 4.90 Å². The maximum atomic E-state index is 11.6. The van der Waals surface area contributed by atoms with Crippen LogP contribution in [0, 0.1) is 11.8 Å². The van der Waals surface area contributed by atoms with Crippen molar-refractivity contribution in [3.05, 3.63) is 3.92 Å². The smallest absolute Gasteiger partial charge is 0.219 e. The van der Waals surface area contributed by atoms with E-state index in [4.69, 9.17) is 0 Å². The lowest BCUT2D eigenvalue weighted by Crippen LogP contribution is -2.52. The van der Waals surface area contributed by atoms with Gasteiger partial charge in [0.25, 0.3) is 0 Å². The summed E-state index contributed by atoms with van der Waals surface area (Å²) in [5, 5.41) is 9.23. The quantitative estimate of drug-likeness (QED) is 0.823. The monoisotopic (exact) mass is 344 g/mol. The molecular formula is C12H17BrN4OS. The summed E-state index contributed by atoms with van der Waals surface area (Å²) in [5.74, 6) is 1.31. The fourth-order valence-electron chi connectivity index (χ4n) is 3.52. The number of fused-ring (bicyclic) bond motifs is 2. The van der Waals surface area contributed by atoms with E-state index >= 15 is 0 Å². The number of halogens is 1. The summed E-state index contributed by atoms with van der Waals surface area (Å²) in [6, 6.07) is 0.408. The van der Waals surface area contributed by atoms with Crippen molar-refractivity contribution in [2.75, 3.05) is 25.0 Å². The predicted octanol–water partition coefficient (Wildman–Crippen LogP) is 1.99. The van der Waals surface area contributed by atoms with Gasteiger partial charge in [-0.2, -0.15) is 0 Å². The third kappa shape index (κ3) is 2.38. The van der Waals surface area contributed by atoms with Crippen molar-refractivity contribution in [3.8, 4) is 0 Å². The molecular weight excluding hydrogens is 328 g/mol. The third-order valence-corrected chi connectivity index (χ3v) is 5.80. The Morgan fingerprint density at radius 1 is 1.37 bits per heavy atom. The van der Waals surface area contributed by atoms with Crippen LogP contribution in [0.1, 0.15) is 19.8 Å². The summed E-state index contributed by atoms with van der Waals surface area (Å²) in [6.07, 6.45) is 2.42. The van der Waals surface area contributed by atoms with Crippen LogP contribution in [0.25, 0.3) is 0 Å². The van der Waals surface area contributed by atoms with Gasteiger partial charge in [0.2, 0.25) is 11.0 Å². The van der Waals surface area contributed by atoms with E-state index < -0.39 is 0 Å². The Bertz CT molecular complexity index is 480. The van der Waals surface area contributed by atoms with Crippen LogP contribution in [-0.4, -0.2) is 47.2 Å². The van der Waals surface area contributed by atoms with E-state index in [1.165, 1.54) is 12.8 Å². The Morgan fingerprint density at radius 2 is 2.00 bits per heavy atom. The molecule has 2 heterocycles. The second-order valence-electron chi connectivity index (χ2n) is 5.46. The first-order valence-corrected chi connectivity index (χ1v) is 8.14. The Labute approximate surface area is 125 Å². The Kier molecular flexibility index (Phi) is 3.51. The fraction of sp³-hybridized carbons (Fsp3) is 0.750. The molecule has 7 heteroatoms. The average Bonchev–Trinajstić information content (AvgIpc) is 2.90. The molecule has 0 spiro atoms. The summed E-state index contributed by atoms with van der Waals surface area (Å²) in [7, 11) is 1.94. The largest absolute Gasteiger partial charge is 0.346 e. The minimum Gasteiger partial charge on any atom is -0.346 e. The lowest BCUT2D eigenvalue weighted by atomic mass is 9.91. The van der Waals surface area contributed by atoms with Crippen LogP contribution in [-0.2, 0) is 4.79 Å². The van der Waals surface area contributed by atoms with E-state index in [9.17, 15) is 4.79 Å². The highest BCUT2D eigenvalue weighted by molar-refractivity contribution is 9.11. The Balaban J connectivity index is 1.76. The van der Waals surface area contributed by atoms with Crippen molar-refractivity contribution < 1.29 is 4.79 Å². The second-order valence-corrected chi connectivity index (χ2v) is 7.69. The molecule has 1 amide bonds. The topological polar surface area (TPSA) is 49.3 Å². The van der Waals surface area contributed by atoms with E-state index in [2.05, 4.69) is 31.0 Å². The van der Waals surface area contributed by atoms with E-state index in [0.717, 1.165) is 22.1 Å². The van der Waals surface area contributed by atoms with Gasteiger partial charge in [-0.25, -0.2) is 0 Å². The standard InChI is InChI=1S/C12H17BrN4OS/c1-7(18)16(2)10-8-3-4-9(10)6-17(5-8)12-15-14-11(13)19-12/h8-10H,3-6H2,1-2H3. The second kappa shape index (κ2) is 5.01. The molecule has 2 atom stereocenters. The van der Waals surface area contributed by atoms with E-state index in [1.807, 2.05) is 11.9 Å². The maximum absolute atomic E-state index is 11.6. The molecule has 1 aromatic rings. The number of aromatic nitrogens is 2. The van der Waals surface area contributed by atoms with Gasteiger partial charge in [0.15, 0.2) is 3.92 Å². The molecule has 19 heavy (non-hydrogen) atoms. The number of hydrogen-bond acceptors (Lipinski definition) is 5. The Morgan fingerprint density at radius 3 is 2.47 bits per heavy atom. The lowest BCUT2D eigenvalue weighted by Gasteiger charge is -2.41. The zero-order chi connectivity index (χ0) is 13.6. The molecule has 2 fully saturated rings. The zero-order valence-corrected chi connectivity index (χ0v) is 13.4. The van der Waals surface area contributed by atoms with Crippen molar-refractivity contribution >= 4 is 38.3 Å². The van der Waals surface area contributed by atoms with Crippen LogP contribution in [0.3, 0.4) is 0 Å². The van der Waals surface area contributed by atoms with E-state index in [-0.39, 0.29) is 5.91 Å². The molecule has 0 N–H and O–H groups in total. The first-order chi connectivity index (χ1) is 9.06. The minimum absolute atomic E-state index is 0.175. The molecule has 3 rings (SSSR count). The molecule has 1 saturated heterocycles. The van der Waals surface area contributed by atoms with Gasteiger partial charge in [0, 0.05) is 33.1 Å². The zero-order valence-electron chi connectivity index (χ0n) is 11.0. The Hall–Kier alpha value is -0.690. The number of hydrogen-bond donors (Lipinski definition) is 0. The minimum atomic E-state index is 0.175. The molecule has 1 aliphatic carbocycles. The van der Waals surface area contributed by atoms with Crippen LogP contribution in [0.2, 0.25) is 0 Å². The van der Waals surface area contributed by atoms with Gasteiger partial charge in [-0.05, 0) is 40.6 Å². The number of carbonyl (C=O) groups excluding carboxylic acids is 1. The highest BCUT2D eigenvalue weighted by atomic mass is 79.9. The normalized spacial score (nSPS) is 29.6. The molecule has 1 saturated carbocycles. The number of rotatable bonds is 2. The molecule has 0 aromatic carbocycles. The first kappa shape index (κ1) is 13.3. The maximum Gasteiger partial charge on any atom is 0.219 e. The number of anilines is 1. The SMILES string of the molecule is CC(=O)N(C)C1C2CCC1CN(c1nnc(Br)s1)C2. The van der Waals surface area contributed by atoms with Crippen molar-refractivity contribution in [3.63, 3.8) is 0 Å². The van der Waals surface area contributed by atoms with E-state index in [0.29, 0.717) is 17.9 Å². The van der Waals surface area contributed by atoms with Crippen molar-refractivity contribution in [1.29, 1.82) is 0 Å². The summed E-state index contributed by atoms with van der Waals surface area (Å²) in [5.41, 5.74) is 0. The molecule has 1 aliphatic heterocycles. The van der Waals surface area contributed by atoms with Gasteiger partial charge in [-0.15, -0.1) is 10.2 Å². The molecule has 5 nitrogen and oxygen atoms in total. The van der Waals surface area contributed by atoms with Crippen LogP contribution in [0.4, 0.5) is 5.13 Å². The number of piperidine rings is 1. The van der Waals surface area contributed by atoms with Gasteiger partial charge in [-0.1, -0.05) is 11.3 Å². The lowest BCUT2D eigenvalue weighted by molar-refractivity contribution is -0.131. The van der Waals surface area contributed by atoms with Gasteiger partial charge >= 0.3 is 0 Å².